The van der Waals surface area contributed by atoms with Gasteiger partial charge in [0.1, 0.15) is 23.5 Å². The minimum atomic E-state index is -4.36. The molecule has 2 aromatic heterocycles. The average molecular weight is 569 g/mol. The molecular weight excluding hydrogens is 542 g/mol. The number of hydrogen-bond donors (Lipinski definition) is 2. The summed E-state index contributed by atoms with van der Waals surface area (Å²) in [5, 5.41) is 3.26. The van der Waals surface area contributed by atoms with Gasteiger partial charge in [-0.05, 0) is 60.0 Å². The van der Waals surface area contributed by atoms with Crippen LogP contribution in [0.3, 0.4) is 0 Å². The number of nitrogens with one attached hydrogen (secondary N) is 2. The van der Waals surface area contributed by atoms with E-state index in [9.17, 15) is 26.8 Å². The third kappa shape index (κ3) is 5.45. The van der Waals surface area contributed by atoms with Crippen LogP contribution in [-0.2, 0) is 34.9 Å². The third-order valence-electron chi connectivity index (χ3n) is 6.75. The Bertz CT molecular complexity index is 1710. The fourth-order valence-electron chi connectivity index (χ4n) is 4.78. The Balaban J connectivity index is 1.39. The van der Waals surface area contributed by atoms with Gasteiger partial charge in [-0.1, -0.05) is 6.07 Å². The van der Waals surface area contributed by atoms with Crippen LogP contribution in [0.5, 0.6) is 0 Å². The van der Waals surface area contributed by atoms with E-state index >= 15 is 0 Å². The van der Waals surface area contributed by atoms with Crippen LogP contribution in [0.4, 0.5) is 25.1 Å². The number of carbonyl (C=O) groups is 2. The van der Waals surface area contributed by atoms with Gasteiger partial charge in [0.2, 0.25) is 5.91 Å². The summed E-state index contributed by atoms with van der Waals surface area (Å²) in [6.45, 7) is 0.0879. The molecule has 0 spiro atoms. The molecule has 3 amide bonds. The van der Waals surface area contributed by atoms with Crippen LogP contribution in [0, 0.1) is 11.6 Å². The largest absolute Gasteiger partial charge is 0.351 e. The highest BCUT2D eigenvalue weighted by atomic mass is 32.2. The van der Waals surface area contributed by atoms with Gasteiger partial charge in [0.25, 0.3) is 0 Å². The lowest BCUT2D eigenvalue weighted by Gasteiger charge is -2.26. The minimum Gasteiger partial charge on any atom is -0.351 e. The van der Waals surface area contributed by atoms with Gasteiger partial charge in [-0.15, -0.1) is 0 Å². The minimum absolute atomic E-state index is 0.0879. The maximum Gasteiger partial charge on any atom is 0.330 e. The van der Waals surface area contributed by atoms with Gasteiger partial charge < -0.3 is 14.8 Å². The SMILES string of the molecule is CN(C(=O)[C@H](Cc1cc(F)cc(F)c1)NC(=O)NS(=O)(=O)N1CCc2cccnc21)c1ccc2c(ccn2C)c1. The number of hydrogen-bond acceptors (Lipinski definition) is 5. The Morgan fingerprint density at radius 3 is 2.60 bits per heavy atom. The second-order valence-electron chi connectivity index (χ2n) is 9.49. The molecule has 0 unspecified atom stereocenters. The molecule has 10 nitrogen and oxygen atoms in total. The molecule has 13 heteroatoms. The van der Waals surface area contributed by atoms with Crippen molar-refractivity contribution in [1.29, 1.82) is 0 Å². The van der Waals surface area contributed by atoms with E-state index in [1.807, 2.05) is 34.7 Å². The van der Waals surface area contributed by atoms with Crippen molar-refractivity contribution in [3.05, 3.63) is 89.8 Å². The first-order valence-corrected chi connectivity index (χ1v) is 13.8. The molecule has 0 radical (unpaired) electrons. The van der Waals surface area contributed by atoms with Crippen molar-refractivity contribution in [3.8, 4) is 0 Å². The van der Waals surface area contributed by atoms with Gasteiger partial charge in [-0.3, -0.25) is 4.79 Å². The molecule has 1 atom stereocenters. The fourth-order valence-corrected chi connectivity index (χ4v) is 5.90. The molecule has 40 heavy (non-hydrogen) atoms. The van der Waals surface area contributed by atoms with Gasteiger partial charge in [0, 0.05) is 62.1 Å². The second-order valence-corrected chi connectivity index (χ2v) is 11.1. The highest BCUT2D eigenvalue weighted by molar-refractivity contribution is 7.91. The zero-order chi connectivity index (χ0) is 28.6. The monoisotopic (exact) mass is 568 g/mol. The van der Waals surface area contributed by atoms with E-state index in [0.29, 0.717) is 23.7 Å². The number of urea groups is 1. The smallest absolute Gasteiger partial charge is 0.330 e. The Hall–Kier alpha value is -4.52. The predicted octanol–water partition coefficient (Wildman–Crippen LogP) is 3.03. The second kappa shape index (κ2) is 10.6. The van der Waals surface area contributed by atoms with Crippen molar-refractivity contribution in [2.24, 2.45) is 7.05 Å². The summed E-state index contributed by atoms with van der Waals surface area (Å²) in [6, 6.07) is 10.9. The molecule has 208 valence electrons. The van der Waals surface area contributed by atoms with Crippen LogP contribution in [0.15, 0.2) is 67.0 Å². The normalized spacial score (nSPS) is 13.7. The molecule has 3 heterocycles. The molecule has 1 aliphatic rings. The first kappa shape index (κ1) is 27.1. The zero-order valence-electron chi connectivity index (χ0n) is 21.6. The number of benzene rings is 2. The number of fused-ring (bicyclic) bond motifs is 2. The van der Waals surface area contributed by atoms with E-state index in [-0.39, 0.29) is 24.3 Å². The van der Waals surface area contributed by atoms with Crippen LogP contribution in [0.25, 0.3) is 10.9 Å². The number of halogens is 2. The van der Waals surface area contributed by atoms with Gasteiger partial charge in [-0.2, -0.15) is 8.42 Å². The van der Waals surface area contributed by atoms with Crippen molar-refractivity contribution in [1.82, 2.24) is 19.6 Å². The number of aryl methyl sites for hydroxylation is 1. The zero-order valence-corrected chi connectivity index (χ0v) is 22.5. The van der Waals surface area contributed by atoms with Crippen molar-refractivity contribution in [2.45, 2.75) is 18.9 Å². The molecule has 1 aliphatic heterocycles. The molecule has 0 bridgehead atoms. The van der Waals surface area contributed by atoms with Crippen LogP contribution < -0.4 is 19.2 Å². The van der Waals surface area contributed by atoms with Gasteiger partial charge >= 0.3 is 16.2 Å². The maximum absolute atomic E-state index is 13.9. The summed E-state index contributed by atoms with van der Waals surface area (Å²) >= 11 is 0. The Kier molecular flexibility index (Phi) is 7.15. The molecule has 4 aromatic rings. The number of pyridine rings is 1. The van der Waals surface area contributed by atoms with E-state index in [1.54, 1.807) is 24.3 Å². The van der Waals surface area contributed by atoms with Crippen molar-refractivity contribution in [3.63, 3.8) is 0 Å². The molecule has 5 rings (SSSR count). The van der Waals surface area contributed by atoms with E-state index < -0.39 is 39.8 Å². The molecule has 0 fully saturated rings. The number of anilines is 2. The third-order valence-corrected chi connectivity index (χ3v) is 8.13. The molecule has 0 saturated heterocycles. The molecule has 2 aromatic carbocycles. The Labute approximate surface area is 229 Å². The summed E-state index contributed by atoms with van der Waals surface area (Å²) in [5.41, 5.74) is 2.26. The first-order valence-electron chi connectivity index (χ1n) is 12.3. The van der Waals surface area contributed by atoms with Crippen molar-refractivity contribution in [2.75, 3.05) is 22.8 Å². The summed E-state index contributed by atoms with van der Waals surface area (Å²) in [5.74, 6) is -2.12. The topological polar surface area (TPSA) is 117 Å². The predicted molar refractivity (Wildman–Crippen MR) is 146 cm³/mol. The maximum atomic E-state index is 13.9. The van der Waals surface area contributed by atoms with E-state index in [1.165, 1.54) is 18.1 Å². The highest BCUT2D eigenvalue weighted by Gasteiger charge is 2.33. The van der Waals surface area contributed by atoms with Crippen LogP contribution >= 0.6 is 0 Å². The van der Waals surface area contributed by atoms with E-state index in [4.69, 9.17) is 0 Å². The quantitative estimate of drug-likeness (QED) is 0.356. The summed E-state index contributed by atoms with van der Waals surface area (Å²) in [7, 11) is -0.981. The molecular formula is C27H26F2N6O4S. The van der Waals surface area contributed by atoms with Gasteiger partial charge in [-0.25, -0.2) is 27.6 Å². The standard InChI is InChI=1S/C27H26F2N6O4S/c1-33-10-7-19-15-22(5-6-24(19)33)34(2)26(36)23(14-17-12-20(28)16-21(29)13-17)31-27(37)32-40(38,39)35-11-8-18-4-3-9-30-25(18)35/h3-7,9-10,12-13,15-16,23H,8,11,14H2,1-2H3,(H2,31,32,37)/t23-/m0/s1. The van der Waals surface area contributed by atoms with Crippen molar-refractivity contribution >= 4 is 44.6 Å². The van der Waals surface area contributed by atoms with Crippen LogP contribution in [0.1, 0.15) is 11.1 Å². The number of amides is 3. The molecule has 0 saturated carbocycles. The number of rotatable bonds is 7. The number of aromatic nitrogens is 2. The van der Waals surface area contributed by atoms with Gasteiger partial charge in [0.15, 0.2) is 0 Å². The fraction of sp³-hybridized carbons (Fsp3) is 0.222. The highest BCUT2D eigenvalue weighted by Crippen LogP contribution is 2.27. The van der Waals surface area contributed by atoms with E-state index in [2.05, 4.69) is 10.3 Å². The summed E-state index contributed by atoms with van der Waals surface area (Å²) in [6.07, 6.45) is 3.45. The number of nitrogens with zero attached hydrogens (tertiary/aromatic N) is 4. The average Bonchev–Trinajstić information content (AvgIpc) is 3.50. The van der Waals surface area contributed by atoms with Gasteiger partial charge in [0.05, 0.1) is 0 Å². The van der Waals surface area contributed by atoms with Crippen LogP contribution in [-0.4, -0.2) is 49.5 Å². The first-order chi connectivity index (χ1) is 19.0. The molecule has 0 aliphatic carbocycles. The lowest BCUT2D eigenvalue weighted by molar-refractivity contribution is -0.120. The summed E-state index contributed by atoms with van der Waals surface area (Å²) in [4.78, 5) is 31.9. The molecule has 2 N–H and O–H groups in total. The lowest BCUT2D eigenvalue weighted by atomic mass is 10.0. The Morgan fingerprint density at radius 1 is 1.10 bits per heavy atom. The summed E-state index contributed by atoms with van der Waals surface area (Å²) < 4.78 is 58.6. The Morgan fingerprint density at radius 2 is 1.85 bits per heavy atom. The lowest BCUT2D eigenvalue weighted by Crippen LogP contribution is -2.54. The van der Waals surface area contributed by atoms with Crippen molar-refractivity contribution < 1.29 is 26.8 Å². The van der Waals surface area contributed by atoms with E-state index in [0.717, 1.165) is 27.3 Å². The number of likely N-dealkylation sites (N-methyl/N-ethyl adjacent to an activating group) is 1. The number of carbonyl (C=O) groups excluding carboxylic acids is 2. The van der Waals surface area contributed by atoms with Crippen LogP contribution in [0.2, 0.25) is 0 Å².